The summed E-state index contributed by atoms with van der Waals surface area (Å²) < 4.78 is 27.0. The van der Waals surface area contributed by atoms with Crippen LogP contribution in [-0.2, 0) is 0 Å². The molecule has 0 bridgehead atoms. The second-order valence-corrected chi connectivity index (χ2v) is 6.02. The Morgan fingerprint density at radius 2 is 2.00 bits per heavy atom. The number of rotatable bonds is 6. The molecular weight excluding hydrogens is 306 g/mol. The Morgan fingerprint density at radius 3 is 2.65 bits per heavy atom. The average molecular weight is 328 g/mol. The van der Waals surface area contributed by atoms with Crippen molar-refractivity contribution < 1.29 is 23.8 Å². The van der Waals surface area contributed by atoms with Crippen LogP contribution in [0.4, 0.5) is 8.78 Å². The molecule has 1 aliphatic rings. The summed E-state index contributed by atoms with van der Waals surface area (Å²) in [6, 6.07) is 2.81. The molecule has 2 atom stereocenters. The van der Waals surface area contributed by atoms with Gasteiger partial charge in [0.1, 0.15) is 11.6 Å². The molecular formula is C16H22F2N2O3. The number of aliphatic hydroxyl groups is 2. The van der Waals surface area contributed by atoms with E-state index in [2.05, 4.69) is 0 Å². The normalized spacial score (nSPS) is 21.2. The number of hydrogen-bond donors (Lipinski definition) is 2. The van der Waals surface area contributed by atoms with Crippen molar-refractivity contribution in [2.75, 3.05) is 46.4 Å². The number of likely N-dealkylation sites (N-methyl/N-ethyl adjacent to an activating group) is 1. The van der Waals surface area contributed by atoms with Gasteiger partial charge in [0.2, 0.25) is 0 Å². The third-order valence-electron chi connectivity index (χ3n) is 4.28. The molecule has 0 radical (unpaired) electrons. The topological polar surface area (TPSA) is 64.0 Å². The van der Waals surface area contributed by atoms with Gasteiger partial charge in [0.05, 0.1) is 12.2 Å². The van der Waals surface area contributed by atoms with E-state index in [-0.39, 0.29) is 30.6 Å². The van der Waals surface area contributed by atoms with Gasteiger partial charge >= 0.3 is 0 Å². The predicted molar refractivity (Wildman–Crippen MR) is 80.9 cm³/mol. The van der Waals surface area contributed by atoms with Crippen molar-refractivity contribution in [3.63, 3.8) is 0 Å². The maximum atomic E-state index is 13.8. The average Bonchev–Trinajstić information content (AvgIpc) is 2.92. The van der Waals surface area contributed by atoms with Crippen LogP contribution in [0.25, 0.3) is 0 Å². The van der Waals surface area contributed by atoms with E-state index >= 15 is 0 Å². The summed E-state index contributed by atoms with van der Waals surface area (Å²) in [4.78, 5) is 15.8. The van der Waals surface area contributed by atoms with E-state index in [4.69, 9.17) is 5.11 Å². The van der Waals surface area contributed by atoms with Gasteiger partial charge in [-0.25, -0.2) is 8.78 Å². The highest BCUT2D eigenvalue weighted by Crippen LogP contribution is 2.26. The van der Waals surface area contributed by atoms with E-state index < -0.39 is 17.5 Å². The number of carbonyl (C=O) groups excluding carboxylic acids is 1. The van der Waals surface area contributed by atoms with Crippen molar-refractivity contribution in [1.82, 2.24) is 9.80 Å². The smallest absolute Gasteiger partial charge is 0.256 e. The van der Waals surface area contributed by atoms with Crippen molar-refractivity contribution in [3.8, 4) is 0 Å². The standard InChI is InChI=1S/C16H22F2N2O3/c1-19(4-5-21)7-11-8-20(9-12(11)10-22)16(23)14-6-13(17)2-3-15(14)18/h2-3,6,11-12,21-22H,4-5,7-10H2,1H3/t11-,12-/m1/s1. The summed E-state index contributed by atoms with van der Waals surface area (Å²) in [5, 5.41) is 18.5. The fourth-order valence-electron chi connectivity index (χ4n) is 3.01. The molecule has 1 aromatic rings. The highest BCUT2D eigenvalue weighted by Gasteiger charge is 2.36. The lowest BCUT2D eigenvalue weighted by molar-refractivity contribution is 0.0773. The van der Waals surface area contributed by atoms with Crippen LogP contribution in [0.15, 0.2) is 18.2 Å². The first-order valence-corrected chi connectivity index (χ1v) is 7.60. The fraction of sp³-hybridized carbons (Fsp3) is 0.562. The monoisotopic (exact) mass is 328 g/mol. The largest absolute Gasteiger partial charge is 0.396 e. The molecule has 2 rings (SSSR count). The molecule has 1 heterocycles. The summed E-state index contributed by atoms with van der Waals surface area (Å²) in [5.74, 6) is -2.06. The predicted octanol–water partition coefficient (Wildman–Crippen LogP) is 0.569. The Labute approximate surface area is 134 Å². The number of nitrogens with zero attached hydrogens (tertiary/aromatic N) is 2. The number of likely N-dealkylation sites (tertiary alicyclic amines) is 1. The number of aliphatic hydroxyl groups excluding tert-OH is 2. The second-order valence-electron chi connectivity index (χ2n) is 6.02. The summed E-state index contributed by atoms with van der Waals surface area (Å²) in [7, 11) is 1.85. The van der Waals surface area contributed by atoms with Crippen molar-refractivity contribution >= 4 is 5.91 Å². The van der Waals surface area contributed by atoms with E-state index in [0.717, 1.165) is 18.2 Å². The lowest BCUT2D eigenvalue weighted by atomic mass is 9.96. The number of carbonyl (C=O) groups is 1. The van der Waals surface area contributed by atoms with Crippen LogP contribution in [0, 0.1) is 23.5 Å². The van der Waals surface area contributed by atoms with Crippen molar-refractivity contribution in [3.05, 3.63) is 35.4 Å². The maximum absolute atomic E-state index is 13.8. The van der Waals surface area contributed by atoms with Gasteiger partial charge in [-0.1, -0.05) is 0 Å². The van der Waals surface area contributed by atoms with Gasteiger partial charge in [0.15, 0.2) is 0 Å². The summed E-state index contributed by atoms with van der Waals surface area (Å²) in [6.07, 6.45) is 0. The Morgan fingerprint density at radius 1 is 1.30 bits per heavy atom. The van der Waals surface area contributed by atoms with Gasteiger partial charge in [-0.3, -0.25) is 4.79 Å². The van der Waals surface area contributed by atoms with Crippen LogP contribution in [0.2, 0.25) is 0 Å². The number of halogens is 2. The first-order chi connectivity index (χ1) is 11.0. The number of hydrogen-bond acceptors (Lipinski definition) is 4. The third-order valence-corrected chi connectivity index (χ3v) is 4.28. The number of amides is 1. The molecule has 2 N–H and O–H groups in total. The van der Waals surface area contributed by atoms with Crippen LogP contribution in [-0.4, -0.2) is 72.4 Å². The Kier molecular flexibility index (Phi) is 6.04. The molecule has 0 aliphatic carbocycles. The molecule has 0 aromatic heterocycles. The molecule has 0 saturated carbocycles. The first-order valence-electron chi connectivity index (χ1n) is 7.60. The molecule has 1 saturated heterocycles. The van der Waals surface area contributed by atoms with Gasteiger partial charge in [0, 0.05) is 38.7 Å². The highest BCUT2D eigenvalue weighted by atomic mass is 19.1. The van der Waals surface area contributed by atoms with Gasteiger partial charge in [-0.2, -0.15) is 0 Å². The zero-order valence-electron chi connectivity index (χ0n) is 13.1. The second kappa shape index (κ2) is 7.81. The molecule has 23 heavy (non-hydrogen) atoms. The van der Waals surface area contributed by atoms with E-state index in [1.807, 2.05) is 11.9 Å². The maximum Gasteiger partial charge on any atom is 0.256 e. The van der Waals surface area contributed by atoms with Gasteiger partial charge in [-0.05, 0) is 31.2 Å². The SMILES string of the molecule is CN(CCO)C[C@@H]1CN(C(=O)c2cc(F)ccc2F)C[C@@H]1CO. The molecule has 5 nitrogen and oxygen atoms in total. The summed E-state index contributed by atoms with van der Waals surface area (Å²) in [5.41, 5.74) is -0.286. The van der Waals surface area contributed by atoms with Crippen LogP contribution in [0.5, 0.6) is 0 Å². The Hall–Kier alpha value is -1.57. The van der Waals surface area contributed by atoms with E-state index in [0.29, 0.717) is 26.2 Å². The van der Waals surface area contributed by atoms with Gasteiger partial charge < -0.3 is 20.0 Å². The number of benzene rings is 1. The van der Waals surface area contributed by atoms with Crippen LogP contribution >= 0.6 is 0 Å². The van der Waals surface area contributed by atoms with E-state index in [9.17, 15) is 18.7 Å². The van der Waals surface area contributed by atoms with Crippen molar-refractivity contribution in [1.29, 1.82) is 0 Å². The third kappa shape index (κ3) is 4.25. The Balaban J connectivity index is 2.09. The lowest BCUT2D eigenvalue weighted by Crippen LogP contribution is -2.33. The molecule has 1 amide bonds. The molecule has 1 fully saturated rings. The lowest BCUT2D eigenvalue weighted by Gasteiger charge is -2.23. The highest BCUT2D eigenvalue weighted by molar-refractivity contribution is 5.94. The zero-order chi connectivity index (χ0) is 17.0. The van der Waals surface area contributed by atoms with E-state index in [1.54, 1.807) is 0 Å². The van der Waals surface area contributed by atoms with Gasteiger partial charge in [-0.15, -0.1) is 0 Å². The molecule has 0 spiro atoms. The summed E-state index contributed by atoms with van der Waals surface area (Å²) >= 11 is 0. The quantitative estimate of drug-likeness (QED) is 0.801. The molecule has 1 aliphatic heterocycles. The molecule has 0 unspecified atom stereocenters. The van der Waals surface area contributed by atoms with Gasteiger partial charge in [0.25, 0.3) is 5.91 Å². The molecule has 128 valence electrons. The van der Waals surface area contributed by atoms with Crippen LogP contribution in [0.3, 0.4) is 0 Å². The summed E-state index contributed by atoms with van der Waals surface area (Å²) in [6.45, 7) is 1.75. The van der Waals surface area contributed by atoms with Crippen molar-refractivity contribution in [2.45, 2.75) is 0 Å². The minimum atomic E-state index is -0.752. The molecule has 1 aromatic carbocycles. The van der Waals surface area contributed by atoms with Crippen LogP contribution < -0.4 is 0 Å². The minimum absolute atomic E-state index is 0.0251. The zero-order valence-corrected chi connectivity index (χ0v) is 13.1. The van der Waals surface area contributed by atoms with Crippen molar-refractivity contribution in [2.24, 2.45) is 11.8 Å². The minimum Gasteiger partial charge on any atom is -0.396 e. The fourth-order valence-corrected chi connectivity index (χ4v) is 3.01. The Bertz CT molecular complexity index is 556. The molecule has 7 heteroatoms. The first kappa shape index (κ1) is 17.8. The van der Waals surface area contributed by atoms with E-state index in [1.165, 1.54) is 4.90 Å². The van der Waals surface area contributed by atoms with Crippen LogP contribution in [0.1, 0.15) is 10.4 Å².